The van der Waals surface area contributed by atoms with Crippen molar-refractivity contribution in [1.82, 2.24) is 10.0 Å². The predicted octanol–water partition coefficient (Wildman–Crippen LogP) is -1.79. The number of hydrogen-bond donors (Lipinski definition) is 3. The predicted molar refractivity (Wildman–Crippen MR) is 43.4 cm³/mol. The number of aliphatic carboxylic acids is 1. The van der Waals surface area contributed by atoms with E-state index in [1.807, 2.05) is 0 Å². The molecule has 0 atom stereocenters. The van der Waals surface area contributed by atoms with Crippen LogP contribution in [-0.4, -0.2) is 45.4 Å². The number of carboxylic acids is 1. The highest BCUT2D eigenvalue weighted by atomic mass is 32.2. The Hall–Kier alpha value is -0.660. The highest BCUT2D eigenvalue weighted by Gasteiger charge is 2.13. The number of carboxylic acid groups (broad SMARTS) is 1. The molecule has 12 heavy (non-hydrogen) atoms. The fraction of sp³-hybridized carbons (Fsp3) is 0.800. The molecule has 0 heterocycles. The second-order valence-corrected chi connectivity index (χ2v) is 3.96. The minimum Gasteiger partial charge on any atom is -0.480 e. The van der Waals surface area contributed by atoms with E-state index >= 15 is 0 Å². The lowest BCUT2D eigenvalue weighted by Gasteiger charge is -2.02. The molecule has 0 amide bonds. The lowest BCUT2D eigenvalue weighted by Crippen LogP contribution is -2.34. The van der Waals surface area contributed by atoms with Crippen molar-refractivity contribution >= 4 is 16.0 Å². The van der Waals surface area contributed by atoms with Crippen molar-refractivity contribution in [1.29, 1.82) is 0 Å². The van der Waals surface area contributed by atoms with Gasteiger partial charge in [0.1, 0.15) is 0 Å². The zero-order chi connectivity index (χ0) is 9.61. The van der Waals surface area contributed by atoms with Crippen molar-refractivity contribution in [3.63, 3.8) is 0 Å². The van der Waals surface area contributed by atoms with Crippen LogP contribution in [0.5, 0.6) is 0 Å². The van der Waals surface area contributed by atoms with Crippen LogP contribution in [0.2, 0.25) is 0 Å². The summed E-state index contributed by atoms with van der Waals surface area (Å²) in [5.41, 5.74) is 0. The van der Waals surface area contributed by atoms with Crippen LogP contribution in [0.15, 0.2) is 0 Å². The van der Waals surface area contributed by atoms with E-state index in [-0.39, 0.29) is 6.54 Å². The average Bonchev–Trinajstić information content (AvgIpc) is 1.84. The van der Waals surface area contributed by atoms with Gasteiger partial charge in [-0.3, -0.25) is 4.79 Å². The molecule has 0 saturated carbocycles. The second-order valence-electron chi connectivity index (χ2n) is 2.15. The van der Waals surface area contributed by atoms with Gasteiger partial charge in [0, 0.05) is 13.1 Å². The number of hydrogen-bond acceptors (Lipinski definition) is 4. The third-order valence-corrected chi connectivity index (χ3v) is 2.28. The quantitative estimate of drug-likeness (QED) is 0.436. The Balaban J connectivity index is 3.81. The Morgan fingerprint density at radius 3 is 2.42 bits per heavy atom. The van der Waals surface area contributed by atoms with Gasteiger partial charge in [0.25, 0.3) is 0 Å². The van der Waals surface area contributed by atoms with Crippen LogP contribution in [-0.2, 0) is 14.8 Å². The molecule has 0 bridgehead atoms. The van der Waals surface area contributed by atoms with Crippen molar-refractivity contribution in [2.45, 2.75) is 0 Å². The molecule has 72 valence electrons. The largest absolute Gasteiger partial charge is 0.480 e. The van der Waals surface area contributed by atoms with Gasteiger partial charge in [-0.25, -0.2) is 13.1 Å². The van der Waals surface area contributed by atoms with Crippen LogP contribution in [0, 0.1) is 0 Å². The summed E-state index contributed by atoms with van der Waals surface area (Å²) in [7, 11) is -1.97. The fourth-order valence-electron chi connectivity index (χ4n) is 0.545. The van der Waals surface area contributed by atoms with Crippen molar-refractivity contribution in [3.8, 4) is 0 Å². The van der Waals surface area contributed by atoms with Gasteiger partial charge >= 0.3 is 5.97 Å². The van der Waals surface area contributed by atoms with Crippen LogP contribution in [0.4, 0.5) is 0 Å². The van der Waals surface area contributed by atoms with E-state index in [1.165, 1.54) is 0 Å². The monoisotopic (exact) mass is 196 g/mol. The minimum absolute atomic E-state index is 0.201. The summed E-state index contributed by atoms with van der Waals surface area (Å²) in [5.74, 6) is -2.23. The third-order valence-electron chi connectivity index (χ3n) is 1.01. The van der Waals surface area contributed by atoms with Gasteiger partial charge in [-0.1, -0.05) is 0 Å². The van der Waals surface area contributed by atoms with Crippen LogP contribution in [0.3, 0.4) is 0 Å². The van der Waals surface area contributed by atoms with E-state index in [1.54, 1.807) is 7.05 Å². The molecule has 0 aromatic rings. The van der Waals surface area contributed by atoms with Crippen molar-refractivity contribution in [2.75, 3.05) is 25.9 Å². The van der Waals surface area contributed by atoms with E-state index in [0.29, 0.717) is 6.54 Å². The SMILES string of the molecule is CNCCNS(=O)(=O)CC(=O)O. The highest BCUT2D eigenvalue weighted by Crippen LogP contribution is 1.81. The van der Waals surface area contributed by atoms with Crippen LogP contribution < -0.4 is 10.0 Å². The summed E-state index contributed by atoms with van der Waals surface area (Å²) in [6.07, 6.45) is 0. The number of likely N-dealkylation sites (N-methyl/N-ethyl adjacent to an activating group) is 1. The average molecular weight is 196 g/mol. The van der Waals surface area contributed by atoms with Crippen LogP contribution >= 0.6 is 0 Å². The first-order chi connectivity index (χ1) is 5.48. The van der Waals surface area contributed by atoms with Gasteiger partial charge in [0.05, 0.1) is 0 Å². The number of nitrogens with one attached hydrogen (secondary N) is 2. The maximum atomic E-state index is 10.8. The van der Waals surface area contributed by atoms with Crippen molar-refractivity contribution in [2.24, 2.45) is 0 Å². The van der Waals surface area contributed by atoms with Gasteiger partial charge < -0.3 is 10.4 Å². The molecule has 7 heteroatoms. The maximum Gasteiger partial charge on any atom is 0.320 e. The molecule has 0 aliphatic heterocycles. The lowest BCUT2D eigenvalue weighted by molar-refractivity contribution is -0.134. The summed E-state index contributed by atoms with van der Waals surface area (Å²) < 4.78 is 23.7. The third kappa shape index (κ3) is 6.08. The highest BCUT2D eigenvalue weighted by molar-refractivity contribution is 7.90. The molecular formula is C5H12N2O4S. The first-order valence-corrected chi connectivity index (χ1v) is 4.97. The lowest BCUT2D eigenvalue weighted by atomic mass is 10.7. The molecule has 0 aliphatic carbocycles. The molecule has 0 fully saturated rings. The molecule has 0 rings (SSSR count). The molecule has 6 nitrogen and oxygen atoms in total. The Morgan fingerprint density at radius 1 is 1.42 bits per heavy atom. The minimum atomic E-state index is -3.64. The number of rotatable bonds is 6. The molecular weight excluding hydrogens is 184 g/mol. The summed E-state index contributed by atoms with van der Waals surface area (Å²) in [5, 5.41) is 10.9. The number of carbonyl (C=O) groups is 1. The molecule has 0 spiro atoms. The van der Waals surface area contributed by atoms with Crippen LogP contribution in [0.25, 0.3) is 0 Å². The first-order valence-electron chi connectivity index (χ1n) is 3.31. The Morgan fingerprint density at radius 2 is 2.00 bits per heavy atom. The first kappa shape index (κ1) is 11.3. The molecule has 0 radical (unpaired) electrons. The topological polar surface area (TPSA) is 95.5 Å². The second kappa shape index (κ2) is 5.07. The Bertz CT molecular complexity index is 236. The molecule has 0 saturated heterocycles. The van der Waals surface area contributed by atoms with Crippen molar-refractivity contribution in [3.05, 3.63) is 0 Å². The summed E-state index contributed by atoms with van der Waals surface area (Å²) in [4.78, 5) is 10.0. The number of sulfonamides is 1. The molecule has 0 unspecified atom stereocenters. The molecule has 0 aliphatic rings. The summed E-state index contributed by atoms with van der Waals surface area (Å²) in [6, 6.07) is 0. The zero-order valence-electron chi connectivity index (χ0n) is 6.70. The van der Waals surface area contributed by atoms with Gasteiger partial charge in [-0.05, 0) is 7.05 Å². The normalized spacial score (nSPS) is 11.4. The Labute approximate surface area is 71.0 Å². The van der Waals surface area contributed by atoms with Gasteiger partial charge in [0.2, 0.25) is 10.0 Å². The smallest absolute Gasteiger partial charge is 0.320 e. The Kier molecular flexibility index (Phi) is 4.79. The standard InChI is InChI=1S/C5H12N2O4S/c1-6-2-3-7-12(10,11)4-5(8)9/h6-7H,2-4H2,1H3,(H,8,9). The maximum absolute atomic E-state index is 10.8. The molecule has 3 N–H and O–H groups in total. The summed E-state index contributed by atoms with van der Waals surface area (Å²) >= 11 is 0. The van der Waals surface area contributed by atoms with E-state index in [2.05, 4.69) is 10.0 Å². The van der Waals surface area contributed by atoms with E-state index in [0.717, 1.165) is 0 Å². The van der Waals surface area contributed by atoms with E-state index in [4.69, 9.17) is 5.11 Å². The van der Waals surface area contributed by atoms with Crippen LogP contribution in [0.1, 0.15) is 0 Å². The van der Waals surface area contributed by atoms with Gasteiger partial charge in [0.15, 0.2) is 5.75 Å². The van der Waals surface area contributed by atoms with E-state index in [9.17, 15) is 13.2 Å². The van der Waals surface area contributed by atoms with Gasteiger partial charge in [-0.2, -0.15) is 0 Å². The fourth-order valence-corrected chi connectivity index (χ4v) is 1.39. The summed E-state index contributed by atoms with van der Waals surface area (Å²) in [6.45, 7) is 0.672. The van der Waals surface area contributed by atoms with E-state index < -0.39 is 21.7 Å². The zero-order valence-corrected chi connectivity index (χ0v) is 7.52. The van der Waals surface area contributed by atoms with Crippen molar-refractivity contribution < 1.29 is 18.3 Å². The molecule has 0 aromatic carbocycles. The molecule has 0 aromatic heterocycles. The van der Waals surface area contributed by atoms with Gasteiger partial charge in [-0.15, -0.1) is 0 Å².